The van der Waals surface area contributed by atoms with Gasteiger partial charge < -0.3 is 25.9 Å². The van der Waals surface area contributed by atoms with E-state index in [0.717, 1.165) is 0 Å². The number of anilines is 1. The number of fused-ring (bicyclic) bond motifs is 1. The van der Waals surface area contributed by atoms with Gasteiger partial charge in [-0.05, 0) is 17.9 Å². The van der Waals surface area contributed by atoms with E-state index in [1.54, 1.807) is 4.57 Å². The third-order valence-corrected chi connectivity index (χ3v) is 5.02. The summed E-state index contributed by atoms with van der Waals surface area (Å²) < 4.78 is 6.94. The van der Waals surface area contributed by atoms with Crippen molar-refractivity contribution in [3.63, 3.8) is 0 Å². The van der Waals surface area contributed by atoms with Crippen molar-refractivity contribution < 1.29 is 14.6 Å². The zero-order valence-electron chi connectivity index (χ0n) is 15.7. The summed E-state index contributed by atoms with van der Waals surface area (Å²) in [7, 11) is 0. The highest BCUT2D eigenvalue weighted by Gasteiger charge is 2.39. The van der Waals surface area contributed by atoms with E-state index in [-0.39, 0.29) is 42.4 Å². The number of hydrogen-bond donors (Lipinski definition) is 4. The van der Waals surface area contributed by atoms with Crippen LogP contribution in [-0.4, -0.2) is 49.3 Å². The number of H-pyrrole nitrogens is 1. The summed E-state index contributed by atoms with van der Waals surface area (Å²) in [5.74, 6) is -1.03. The second-order valence-electron chi connectivity index (χ2n) is 7.18. The molecular formula is C17H25ClN6O4. The largest absolute Gasteiger partial charge is 0.464 e. The number of carbonyl (C=O) groups is 1. The molecule has 28 heavy (non-hydrogen) atoms. The average molecular weight is 413 g/mol. The van der Waals surface area contributed by atoms with Crippen molar-refractivity contribution in [2.45, 2.75) is 38.5 Å². The highest BCUT2D eigenvalue weighted by molar-refractivity contribution is 5.85. The number of nitrogen functional groups attached to an aromatic ring is 1. The molecule has 4 atom stereocenters. The van der Waals surface area contributed by atoms with Crippen LogP contribution >= 0.6 is 12.4 Å². The van der Waals surface area contributed by atoms with Crippen molar-refractivity contribution in [3.05, 3.63) is 28.8 Å². The maximum absolute atomic E-state index is 12.0. The summed E-state index contributed by atoms with van der Waals surface area (Å²) in [6.07, 6.45) is 1.04. The Morgan fingerprint density at radius 1 is 1.54 bits per heavy atom. The van der Waals surface area contributed by atoms with Crippen LogP contribution in [0.3, 0.4) is 0 Å². The minimum atomic E-state index is -0.762. The van der Waals surface area contributed by atoms with E-state index in [1.807, 2.05) is 13.8 Å². The number of carbonyl (C=O) groups excluding carboxylic acids is 1. The molecule has 3 rings (SSSR count). The van der Waals surface area contributed by atoms with Gasteiger partial charge in [0.2, 0.25) is 5.95 Å². The molecule has 11 heteroatoms. The van der Waals surface area contributed by atoms with Crippen LogP contribution < -0.4 is 17.0 Å². The minimum absolute atomic E-state index is 0. The lowest BCUT2D eigenvalue weighted by Gasteiger charge is -2.20. The fraction of sp³-hybridized carbons (Fsp3) is 0.529. The zero-order valence-corrected chi connectivity index (χ0v) is 16.5. The smallest absolute Gasteiger partial charge is 0.323 e. The van der Waals surface area contributed by atoms with Crippen LogP contribution in [0, 0.1) is 11.8 Å². The Balaban J connectivity index is 0.00000280. The zero-order chi connectivity index (χ0) is 19.9. The lowest BCUT2D eigenvalue weighted by Crippen LogP contribution is -2.38. The van der Waals surface area contributed by atoms with Crippen molar-refractivity contribution in [3.8, 4) is 0 Å². The summed E-state index contributed by atoms with van der Waals surface area (Å²) >= 11 is 0. The molecule has 0 amide bonds. The number of nitrogens with two attached hydrogens (primary N) is 2. The van der Waals surface area contributed by atoms with Gasteiger partial charge in [-0.2, -0.15) is 4.98 Å². The number of aromatic amines is 1. The van der Waals surface area contributed by atoms with Crippen LogP contribution in [0.2, 0.25) is 0 Å². The van der Waals surface area contributed by atoms with Crippen LogP contribution in [0.1, 0.15) is 26.3 Å². The third kappa shape index (κ3) is 3.89. The van der Waals surface area contributed by atoms with Crippen LogP contribution in [0.15, 0.2) is 23.3 Å². The van der Waals surface area contributed by atoms with Crippen molar-refractivity contribution in [2.75, 3.05) is 12.3 Å². The molecule has 2 aromatic rings. The number of aliphatic hydroxyl groups is 1. The number of esters is 1. The molecule has 0 unspecified atom stereocenters. The molecule has 1 aliphatic rings. The van der Waals surface area contributed by atoms with Gasteiger partial charge in [-0.1, -0.05) is 20.4 Å². The number of aromatic nitrogens is 4. The van der Waals surface area contributed by atoms with Gasteiger partial charge in [0.1, 0.15) is 12.6 Å². The topological polar surface area (TPSA) is 162 Å². The summed E-state index contributed by atoms with van der Waals surface area (Å²) in [4.78, 5) is 34.5. The predicted octanol–water partition coefficient (Wildman–Crippen LogP) is 0.128. The first-order valence-electron chi connectivity index (χ1n) is 8.72. The van der Waals surface area contributed by atoms with Crippen molar-refractivity contribution in [2.24, 2.45) is 17.6 Å². The fourth-order valence-electron chi connectivity index (χ4n) is 3.26. The Morgan fingerprint density at radius 2 is 2.21 bits per heavy atom. The molecule has 0 saturated heterocycles. The standard InChI is InChI=1S/C17H24N6O4.ClH/c1-7(2)12(18)16(26)27-5-9-8(3)10(4-11(9)24)23-6-20-13-14(23)21-17(19)22-15(13)25;/h6-7,9-12,24H,3-5,18H2,1-2H3,(H3,19,21,22,25);1H/t9-,10-,11-,12-;/m0./s1. The van der Waals surface area contributed by atoms with Gasteiger partial charge in [0, 0.05) is 5.92 Å². The Hall–Kier alpha value is -2.43. The number of ether oxygens (including phenoxy) is 1. The monoisotopic (exact) mass is 412 g/mol. The Kier molecular flexibility index (Phi) is 6.48. The molecule has 0 spiro atoms. The summed E-state index contributed by atoms with van der Waals surface area (Å²) in [6, 6.07) is -1.06. The maximum Gasteiger partial charge on any atom is 0.323 e. The minimum Gasteiger partial charge on any atom is -0.464 e. The average Bonchev–Trinajstić information content (AvgIpc) is 3.13. The number of imidazole rings is 1. The Labute approximate surface area is 167 Å². The van der Waals surface area contributed by atoms with Gasteiger partial charge in [-0.15, -0.1) is 12.4 Å². The van der Waals surface area contributed by atoms with Crippen LogP contribution in [0.25, 0.3) is 11.2 Å². The van der Waals surface area contributed by atoms with E-state index in [1.165, 1.54) is 6.33 Å². The molecule has 2 aromatic heterocycles. The summed E-state index contributed by atoms with van der Waals surface area (Å²) in [6.45, 7) is 7.70. The van der Waals surface area contributed by atoms with Crippen molar-refractivity contribution in [1.82, 2.24) is 19.5 Å². The molecule has 0 radical (unpaired) electrons. The molecule has 2 heterocycles. The summed E-state index contributed by atoms with van der Waals surface area (Å²) in [5.41, 5.74) is 12.1. The first-order valence-corrected chi connectivity index (χ1v) is 8.72. The number of halogens is 1. The number of nitrogens with one attached hydrogen (secondary N) is 1. The molecule has 1 saturated carbocycles. The van der Waals surface area contributed by atoms with Gasteiger partial charge in [0.05, 0.1) is 18.5 Å². The molecule has 10 nitrogen and oxygen atoms in total. The number of hydrogen-bond acceptors (Lipinski definition) is 8. The van der Waals surface area contributed by atoms with Crippen molar-refractivity contribution in [1.29, 1.82) is 0 Å². The normalized spacial score (nSPS) is 23.0. The highest BCUT2D eigenvalue weighted by atomic mass is 35.5. The van der Waals surface area contributed by atoms with Gasteiger partial charge in [0.25, 0.3) is 5.56 Å². The molecule has 154 valence electrons. The van der Waals surface area contributed by atoms with E-state index in [4.69, 9.17) is 16.2 Å². The number of aliphatic hydroxyl groups excluding tert-OH is 1. The fourth-order valence-corrected chi connectivity index (χ4v) is 3.26. The van der Waals surface area contributed by atoms with Crippen molar-refractivity contribution >= 4 is 35.5 Å². The maximum atomic E-state index is 12.0. The first kappa shape index (κ1) is 21.9. The lowest BCUT2D eigenvalue weighted by molar-refractivity contribution is -0.148. The molecule has 0 aromatic carbocycles. The quantitative estimate of drug-likeness (QED) is 0.397. The molecule has 1 aliphatic carbocycles. The molecule has 0 bridgehead atoms. The van der Waals surface area contributed by atoms with E-state index >= 15 is 0 Å². The number of nitrogens with zero attached hydrogens (tertiary/aromatic N) is 3. The van der Waals surface area contributed by atoms with Gasteiger partial charge in [-0.25, -0.2) is 4.98 Å². The molecule has 1 fully saturated rings. The van der Waals surface area contributed by atoms with Gasteiger partial charge in [0.15, 0.2) is 11.2 Å². The summed E-state index contributed by atoms with van der Waals surface area (Å²) in [5, 5.41) is 10.4. The highest BCUT2D eigenvalue weighted by Crippen LogP contribution is 2.40. The van der Waals surface area contributed by atoms with Crippen LogP contribution in [0.5, 0.6) is 0 Å². The van der Waals surface area contributed by atoms with Gasteiger partial charge in [-0.3, -0.25) is 14.6 Å². The van der Waals surface area contributed by atoms with Gasteiger partial charge >= 0.3 is 5.97 Å². The van der Waals surface area contributed by atoms with Crippen LogP contribution in [0.4, 0.5) is 5.95 Å². The number of rotatable bonds is 5. The van der Waals surface area contributed by atoms with E-state index in [0.29, 0.717) is 17.6 Å². The Morgan fingerprint density at radius 3 is 2.86 bits per heavy atom. The first-order chi connectivity index (χ1) is 12.7. The second kappa shape index (κ2) is 8.29. The molecular weight excluding hydrogens is 388 g/mol. The predicted molar refractivity (Wildman–Crippen MR) is 106 cm³/mol. The van der Waals surface area contributed by atoms with E-state index in [9.17, 15) is 14.7 Å². The van der Waals surface area contributed by atoms with Crippen LogP contribution in [-0.2, 0) is 9.53 Å². The Bertz CT molecular complexity index is 939. The lowest BCUT2D eigenvalue weighted by atomic mass is 10.0. The second-order valence-corrected chi connectivity index (χ2v) is 7.18. The molecule has 0 aliphatic heterocycles. The molecule has 6 N–H and O–H groups in total. The SMILES string of the molecule is C=C1[C@H](COC(=O)[C@@H](N)C(C)C)[C@@H](O)C[C@@H]1n1cnc2c(=O)[nH]c(N)nc21.Cl. The van der Waals surface area contributed by atoms with E-state index < -0.39 is 29.6 Å². The van der Waals surface area contributed by atoms with E-state index in [2.05, 4.69) is 21.5 Å². The third-order valence-electron chi connectivity index (χ3n) is 5.02.